The fraction of sp³-hybridized carbons (Fsp3) is 0.765. The molecule has 0 aliphatic rings. The Kier molecular flexibility index (Phi) is 8.09. The van der Waals surface area contributed by atoms with Crippen molar-refractivity contribution in [2.24, 2.45) is 11.8 Å². The molecule has 0 unspecified atom stereocenters. The van der Waals surface area contributed by atoms with Gasteiger partial charge in [-0.05, 0) is 18.3 Å². The van der Waals surface area contributed by atoms with Crippen LogP contribution in [-0.4, -0.2) is 23.1 Å². The van der Waals surface area contributed by atoms with Crippen LogP contribution in [0.2, 0.25) is 0 Å². The highest BCUT2D eigenvalue weighted by Crippen LogP contribution is 2.16. The van der Waals surface area contributed by atoms with Crippen LogP contribution >= 0.6 is 0 Å². The van der Waals surface area contributed by atoms with Crippen LogP contribution in [-0.2, 0) is 6.42 Å². The lowest BCUT2D eigenvalue weighted by Crippen LogP contribution is -2.11. The Bertz CT molecular complexity index is 405. The van der Waals surface area contributed by atoms with Crippen molar-refractivity contribution in [1.29, 1.82) is 0 Å². The minimum atomic E-state index is 0.495. The van der Waals surface area contributed by atoms with Gasteiger partial charge in [0.2, 0.25) is 5.88 Å². The van der Waals surface area contributed by atoms with Crippen molar-refractivity contribution >= 4 is 5.82 Å². The summed E-state index contributed by atoms with van der Waals surface area (Å²) < 4.78 is 5.77. The fourth-order valence-electron chi connectivity index (χ4n) is 1.94. The predicted molar refractivity (Wildman–Crippen MR) is 88.9 cm³/mol. The highest BCUT2D eigenvalue weighted by molar-refractivity contribution is 5.38. The first kappa shape index (κ1) is 17.7. The minimum absolute atomic E-state index is 0.495. The second kappa shape index (κ2) is 9.59. The van der Waals surface area contributed by atoms with Crippen molar-refractivity contribution in [3.05, 3.63) is 11.9 Å². The summed E-state index contributed by atoms with van der Waals surface area (Å²) in [6.07, 6.45) is 4.52. The summed E-state index contributed by atoms with van der Waals surface area (Å²) in [7, 11) is 0. The van der Waals surface area contributed by atoms with E-state index in [0.717, 1.165) is 24.6 Å². The van der Waals surface area contributed by atoms with Gasteiger partial charge in [0.25, 0.3) is 0 Å². The number of ether oxygens (including phenoxy) is 1. The number of aromatic nitrogens is 2. The Morgan fingerprint density at radius 2 is 1.86 bits per heavy atom. The Morgan fingerprint density at radius 1 is 1.10 bits per heavy atom. The topological polar surface area (TPSA) is 47.0 Å². The Morgan fingerprint density at radius 3 is 2.48 bits per heavy atom. The van der Waals surface area contributed by atoms with Gasteiger partial charge in [-0.1, -0.05) is 47.5 Å². The third kappa shape index (κ3) is 7.88. The Labute approximate surface area is 129 Å². The van der Waals surface area contributed by atoms with E-state index in [1.165, 1.54) is 19.3 Å². The van der Waals surface area contributed by atoms with Crippen LogP contribution in [0.1, 0.15) is 59.7 Å². The highest BCUT2D eigenvalue weighted by atomic mass is 16.5. The molecule has 0 radical (unpaired) electrons. The number of hydrogen-bond acceptors (Lipinski definition) is 4. The first-order chi connectivity index (χ1) is 10.0. The molecule has 1 aromatic rings. The average molecular weight is 293 g/mol. The number of unbranched alkanes of at least 4 members (excludes halogenated alkanes) is 2. The monoisotopic (exact) mass is 293 g/mol. The standard InChI is InChI=1S/C17H31N3O/c1-6-7-8-9-18-15-11-17(21-12-14(4)5)20-16(19-15)10-13(2)3/h11,13-14H,6-10,12H2,1-5H3,(H,18,19,20). The van der Waals surface area contributed by atoms with Gasteiger partial charge in [0.1, 0.15) is 11.6 Å². The first-order valence-electron chi connectivity index (χ1n) is 8.25. The number of nitrogens with one attached hydrogen (secondary N) is 1. The summed E-state index contributed by atoms with van der Waals surface area (Å²) in [5.74, 6) is 3.47. The molecule has 1 aromatic heterocycles. The molecule has 0 fully saturated rings. The van der Waals surface area contributed by atoms with Crippen LogP contribution in [0.25, 0.3) is 0 Å². The van der Waals surface area contributed by atoms with E-state index in [0.29, 0.717) is 24.3 Å². The normalized spacial score (nSPS) is 11.2. The van der Waals surface area contributed by atoms with E-state index >= 15 is 0 Å². The second-order valence-electron chi connectivity index (χ2n) is 6.44. The van der Waals surface area contributed by atoms with Gasteiger partial charge in [-0.15, -0.1) is 0 Å². The van der Waals surface area contributed by atoms with E-state index in [1.54, 1.807) is 0 Å². The molecule has 4 nitrogen and oxygen atoms in total. The lowest BCUT2D eigenvalue weighted by Gasteiger charge is -2.13. The Balaban J connectivity index is 2.71. The lowest BCUT2D eigenvalue weighted by atomic mass is 10.1. The zero-order valence-electron chi connectivity index (χ0n) is 14.3. The van der Waals surface area contributed by atoms with Crippen LogP contribution in [0.15, 0.2) is 6.07 Å². The zero-order chi connectivity index (χ0) is 15.7. The van der Waals surface area contributed by atoms with Gasteiger partial charge < -0.3 is 10.1 Å². The zero-order valence-corrected chi connectivity index (χ0v) is 14.3. The summed E-state index contributed by atoms with van der Waals surface area (Å²) in [5, 5.41) is 3.39. The van der Waals surface area contributed by atoms with E-state index < -0.39 is 0 Å². The second-order valence-corrected chi connectivity index (χ2v) is 6.44. The molecular weight excluding hydrogens is 262 g/mol. The molecule has 1 rings (SSSR count). The largest absolute Gasteiger partial charge is 0.477 e. The van der Waals surface area contributed by atoms with Gasteiger partial charge in [0.05, 0.1) is 6.61 Å². The SMILES string of the molecule is CCCCCNc1cc(OCC(C)C)nc(CC(C)C)n1. The molecule has 0 aliphatic heterocycles. The summed E-state index contributed by atoms with van der Waals surface area (Å²) in [6, 6.07) is 1.91. The quantitative estimate of drug-likeness (QED) is 0.653. The molecule has 0 bridgehead atoms. The van der Waals surface area contributed by atoms with Crippen molar-refractivity contribution < 1.29 is 4.74 Å². The minimum Gasteiger partial charge on any atom is -0.477 e. The maximum absolute atomic E-state index is 5.77. The molecule has 0 atom stereocenters. The van der Waals surface area contributed by atoms with E-state index in [2.05, 4.69) is 49.9 Å². The first-order valence-corrected chi connectivity index (χ1v) is 8.25. The molecule has 0 spiro atoms. The van der Waals surface area contributed by atoms with Crippen molar-refractivity contribution in [2.75, 3.05) is 18.5 Å². The van der Waals surface area contributed by atoms with E-state index in [4.69, 9.17) is 4.74 Å². The molecule has 0 saturated heterocycles. The third-order valence-corrected chi connectivity index (χ3v) is 2.99. The van der Waals surface area contributed by atoms with Crippen molar-refractivity contribution in [3.8, 4) is 5.88 Å². The maximum atomic E-state index is 5.77. The number of hydrogen-bond donors (Lipinski definition) is 1. The molecule has 1 heterocycles. The van der Waals surface area contributed by atoms with Crippen LogP contribution in [0, 0.1) is 11.8 Å². The van der Waals surface area contributed by atoms with Gasteiger partial charge in [-0.3, -0.25) is 0 Å². The number of nitrogens with zero attached hydrogens (tertiary/aromatic N) is 2. The number of anilines is 1. The van der Waals surface area contributed by atoms with Gasteiger partial charge >= 0.3 is 0 Å². The summed E-state index contributed by atoms with van der Waals surface area (Å²) >= 11 is 0. The van der Waals surface area contributed by atoms with E-state index in [1.807, 2.05) is 6.07 Å². The smallest absolute Gasteiger partial charge is 0.218 e. The number of rotatable bonds is 10. The third-order valence-electron chi connectivity index (χ3n) is 2.99. The molecule has 120 valence electrons. The van der Waals surface area contributed by atoms with Crippen LogP contribution < -0.4 is 10.1 Å². The summed E-state index contributed by atoms with van der Waals surface area (Å²) in [5.41, 5.74) is 0. The maximum Gasteiger partial charge on any atom is 0.218 e. The molecule has 0 aromatic carbocycles. The molecule has 4 heteroatoms. The average Bonchev–Trinajstić information content (AvgIpc) is 2.40. The van der Waals surface area contributed by atoms with Crippen LogP contribution in [0.3, 0.4) is 0 Å². The van der Waals surface area contributed by atoms with Crippen molar-refractivity contribution in [2.45, 2.75) is 60.3 Å². The van der Waals surface area contributed by atoms with Crippen molar-refractivity contribution in [3.63, 3.8) is 0 Å². The molecule has 21 heavy (non-hydrogen) atoms. The van der Waals surface area contributed by atoms with Crippen LogP contribution in [0.4, 0.5) is 5.82 Å². The van der Waals surface area contributed by atoms with Crippen LogP contribution in [0.5, 0.6) is 5.88 Å². The summed E-state index contributed by atoms with van der Waals surface area (Å²) in [6.45, 7) is 12.5. The Hall–Kier alpha value is -1.32. The predicted octanol–water partition coefficient (Wildman–Crippen LogP) is 4.31. The van der Waals surface area contributed by atoms with Gasteiger partial charge in [-0.2, -0.15) is 4.98 Å². The lowest BCUT2D eigenvalue weighted by molar-refractivity contribution is 0.260. The van der Waals surface area contributed by atoms with Gasteiger partial charge in [0.15, 0.2) is 0 Å². The molecule has 0 aliphatic carbocycles. The molecule has 0 saturated carbocycles. The van der Waals surface area contributed by atoms with Gasteiger partial charge in [0, 0.05) is 19.0 Å². The molecule has 0 amide bonds. The fourth-order valence-corrected chi connectivity index (χ4v) is 1.94. The van der Waals surface area contributed by atoms with E-state index in [9.17, 15) is 0 Å². The van der Waals surface area contributed by atoms with Crippen molar-refractivity contribution in [1.82, 2.24) is 9.97 Å². The van der Waals surface area contributed by atoms with Gasteiger partial charge in [-0.25, -0.2) is 4.98 Å². The molecule has 1 N–H and O–H groups in total. The van der Waals surface area contributed by atoms with E-state index in [-0.39, 0.29) is 0 Å². The summed E-state index contributed by atoms with van der Waals surface area (Å²) in [4.78, 5) is 9.11. The molecular formula is C17H31N3O. The highest BCUT2D eigenvalue weighted by Gasteiger charge is 2.08.